The minimum atomic E-state index is 0.0851. The van der Waals surface area contributed by atoms with Crippen LogP contribution in [-0.4, -0.2) is 0 Å². The number of allylic oxidation sites excluding steroid dienone is 5. The van der Waals surface area contributed by atoms with Gasteiger partial charge in [0.15, 0.2) is 0 Å². The SMILES string of the molecule is C=C/C=C\C(=C/C(=C)N)C(C)(C)C. The van der Waals surface area contributed by atoms with E-state index in [1.165, 1.54) is 0 Å². The van der Waals surface area contributed by atoms with Gasteiger partial charge in [0.2, 0.25) is 0 Å². The molecule has 0 unspecified atom stereocenters. The zero-order chi connectivity index (χ0) is 10.5. The van der Waals surface area contributed by atoms with Crippen molar-refractivity contribution >= 4 is 0 Å². The molecule has 2 N–H and O–H groups in total. The van der Waals surface area contributed by atoms with Crippen LogP contribution in [0.3, 0.4) is 0 Å². The Morgan fingerprint density at radius 3 is 2.15 bits per heavy atom. The van der Waals surface area contributed by atoms with Crippen molar-refractivity contribution in [1.82, 2.24) is 0 Å². The molecule has 13 heavy (non-hydrogen) atoms. The summed E-state index contributed by atoms with van der Waals surface area (Å²) in [7, 11) is 0. The van der Waals surface area contributed by atoms with Crippen LogP contribution >= 0.6 is 0 Å². The van der Waals surface area contributed by atoms with Crippen LogP contribution in [0.5, 0.6) is 0 Å². The van der Waals surface area contributed by atoms with E-state index in [0.29, 0.717) is 5.70 Å². The first-order valence-electron chi connectivity index (χ1n) is 4.33. The molecule has 72 valence electrons. The summed E-state index contributed by atoms with van der Waals surface area (Å²) in [5.41, 5.74) is 7.35. The molecule has 0 aliphatic rings. The Kier molecular flexibility index (Phi) is 4.26. The molecule has 0 aromatic carbocycles. The van der Waals surface area contributed by atoms with Crippen molar-refractivity contribution < 1.29 is 0 Å². The first-order chi connectivity index (χ1) is 5.88. The molecule has 0 bridgehead atoms. The predicted molar refractivity (Wildman–Crippen MR) is 60.2 cm³/mol. The molecule has 0 aromatic heterocycles. The highest BCUT2D eigenvalue weighted by atomic mass is 14.5. The summed E-state index contributed by atoms with van der Waals surface area (Å²) in [5, 5.41) is 0. The first kappa shape index (κ1) is 11.8. The van der Waals surface area contributed by atoms with E-state index < -0.39 is 0 Å². The van der Waals surface area contributed by atoms with E-state index >= 15 is 0 Å². The molecular weight excluding hydrogens is 158 g/mol. The molecule has 0 heterocycles. The van der Waals surface area contributed by atoms with E-state index in [9.17, 15) is 0 Å². The molecule has 0 amide bonds. The van der Waals surface area contributed by atoms with Gasteiger partial charge >= 0.3 is 0 Å². The topological polar surface area (TPSA) is 26.0 Å². The van der Waals surface area contributed by atoms with Crippen molar-refractivity contribution in [2.24, 2.45) is 11.1 Å². The quantitative estimate of drug-likeness (QED) is 0.658. The molecule has 0 radical (unpaired) electrons. The average Bonchev–Trinajstić information content (AvgIpc) is 1.95. The smallest absolute Gasteiger partial charge is 0.0243 e. The Morgan fingerprint density at radius 1 is 1.31 bits per heavy atom. The molecule has 0 saturated carbocycles. The van der Waals surface area contributed by atoms with Crippen LogP contribution in [0.2, 0.25) is 0 Å². The highest BCUT2D eigenvalue weighted by Crippen LogP contribution is 2.26. The normalized spacial score (nSPS) is 13.3. The fourth-order valence-electron chi connectivity index (χ4n) is 0.886. The minimum Gasteiger partial charge on any atom is -0.399 e. The van der Waals surface area contributed by atoms with Crippen LogP contribution in [0.1, 0.15) is 20.8 Å². The summed E-state index contributed by atoms with van der Waals surface area (Å²) < 4.78 is 0. The fourth-order valence-corrected chi connectivity index (χ4v) is 0.886. The zero-order valence-electron chi connectivity index (χ0n) is 8.80. The minimum absolute atomic E-state index is 0.0851. The number of rotatable bonds is 3. The molecule has 1 nitrogen and oxygen atoms in total. The van der Waals surface area contributed by atoms with Gasteiger partial charge in [0, 0.05) is 5.70 Å². The lowest BCUT2D eigenvalue weighted by atomic mass is 9.85. The van der Waals surface area contributed by atoms with E-state index in [-0.39, 0.29) is 5.41 Å². The van der Waals surface area contributed by atoms with Crippen molar-refractivity contribution in [2.45, 2.75) is 20.8 Å². The van der Waals surface area contributed by atoms with Crippen LogP contribution in [0.4, 0.5) is 0 Å². The van der Waals surface area contributed by atoms with Gasteiger partial charge in [-0.15, -0.1) is 0 Å². The zero-order valence-corrected chi connectivity index (χ0v) is 8.80. The van der Waals surface area contributed by atoms with E-state index in [1.807, 2.05) is 18.2 Å². The van der Waals surface area contributed by atoms with Crippen molar-refractivity contribution in [2.75, 3.05) is 0 Å². The molecule has 0 atom stereocenters. The standard InChI is InChI=1S/C12H19N/c1-6-7-8-11(9-10(2)13)12(3,4)5/h6-9H,1-2,13H2,3-5H3/b8-7-,11-9+. The molecule has 0 spiro atoms. The van der Waals surface area contributed by atoms with Crippen LogP contribution in [0.15, 0.2) is 48.7 Å². The summed E-state index contributed by atoms with van der Waals surface area (Å²) in [5.74, 6) is 0. The van der Waals surface area contributed by atoms with E-state index in [4.69, 9.17) is 5.73 Å². The molecular formula is C12H19N. The van der Waals surface area contributed by atoms with Gasteiger partial charge in [-0.3, -0.25) is 0 Å². The van der Waals surface area contributed by atoms with E-state index in [1.54, 1.807) is 6.08 Å². The maximum atomic E-state index is 5.53. The van der Waals surface area contributed by atoms with Gasteiger partial charge in [-0.25, -0.2) is 0 Å². The van der Waals surface area contributed by atoms with Gasteiger partial charge in [0.05, 0.1) is 0 Å². The van der Waals surface area contributed by atoms with Crippen molar-refractivity contribution in [3.05, 3.63) is 48.7 Å². The summed E-state index contributed by atoms with van der Waals surface area (Å²) in [6.07, 6.45) is 7.55. The highest BCUT2D eigenvalue weighted by Gasteiger charge is 2.13. The van der Waals surface area contributed by atoms with E-state index in [0.717, 1.165) is 5.57 Å². The summed E-state index contributed by atoms with van der Waals surface area (Å²) in [6, 6.07) is 0. The van der Waals surface area contributed by atoms with Gasteiger partial charge in [-0.1, -0.05) is 52.2 Å². The second kappa shape index (κ2) is 4.70. The van der Waals surface area contributed by atoms with Crippen LogP contribution < -0.4 is 5.73 Å². The average molecular weight is 177 g/mol. The fraction of sp³-hybridized carbons (Fsp3) is 0.333. The predicted octanol–water partition coefficient (Wildman–Crippen LogP) is 3.17. The molecule has 0 aliphatic heterocycles. The molecule has 0 rings (SSSR count). The number of hydrogen-bond acceptors (Lipinski definition) is 1. The largest absolute Gasteiger partial charge is 0.399 e. The van der Waals surface area contributed by atoms with Crippen molar-refractivity contribution in [3.8, 4) is 0 Å². The monoisotopic (exact) mass is 177 g/mol. The molecule has 0 aromatic rings. The number of hydrogen-bond donors (Lipinski definition) is 1. The third-order valence-corrected chi connectivity index (χ3v) is 1.62. The Labute approximate surface area is 81.3 Å². The van der Waals surface area contributed by atoms with E-state index in [2.05, 4.69) is 33.9 Å². The maximum absolute atomic E-state index is 5.53. The summed E-state index contributed by atoms with van der Waals surface area (Å²) in [4.78, 5) is 0. The highest BCUT2D eigenvalue weighted by molar-refractivity contribution is 5.32. The Morgan fingerprint density at radius 2 is 1.85 bits per heavy atom. The van der Waals surface area contributed by atoms with Crippen LogP contribution in [0.25, 0.3) is 0 Å². The lowest BCUT2D eigenvalue weighted by molar-refractivity contribution is 0.516. The second-order valence-corrected chi connectivity index (χ2v) is 4.02. The molecule has 0 aliphatic carbocycles. The maximum Gasteiger partial charge on any atom is 0.0243 e. The van der Waals surface area contributed by atoms with Crippen molar-refractivity contribution in [1.29, 1.82) is 0 Å². The van der Waals surface area contributed by atoms with Gasteiger partial charge < -0.3 is 5.73 Å². The van der Waals surface area contributed by atoms with Gasteiger partial charge in [-0.05, 0) is 17.1 Å². The Hall–Kier alpha value is -1.24. The Balaban J connectivity index is 4.87. The first-order valence-corrected chi connectivity index (χ1v) is 4.33. The lowest BCUT2D eigenvalue weighted by Crippen LogP contribution is -2.08. The van der Waals surface area contributed by atoms with Crippen LogP contribution in [0, 0.1) is 5.41 Å². The van der Waals surface area contributed by atoms with Crippen molar-refractivity contribution in [3.63, 3.8) is 0 Å². The van der Waals surface area contributed by atoms with Gasteiger partial charge in [0.25, 0.3) is 0 Å². The summed E-state index contributed by atoms with van der Waals surface area (Å²) >= 11 is 0. The third-order valence-electron chi connectivity index (χ3n) is 1.62. The molecule has 0 fully saturated rings. The molecule has 1 heteroatoms. The lowest BCUT2D eigenvalue weighted by Gasteiger charge is -2.20. The second-order valence-electron chi connectivity index (χ2n) is 4.02. The third kappa shape index (κ3) is 5.07. The Bertz CT molecular complexity index is 249. The van der Waals surface area contributed by atoms with Crippen LogP contribution in [-0.2, 0) is 0 Å². The van der Waals surface area contributed by atoms with Gasteiger partial charge in [-0.2, -0.15) is 0 Å². The molecule has 0 saturated heterocycles. The van der Waals surface area contributed by atoms with Gasteiger partial charge in [0.1, 0.15) is 0 Å². The number of nitrogens with two attached hydrogens (primary N) is 1. The summed E-state index contributed by atoms with van der Waals surface area (Å²) in [6.45, 7) is 13.7.